The third-order valence-electron chi connectivity index (χ3n) is 3.79. The molecule has 18 heavy (non-hydrogen) atoms. The zero-order chi connectivity index (χ0) is 13.5. The van der Waals surface area contributed by atoms with Gasteiger partial charge in [0, 0.05) is 23.8 Å². The van der Waals surface area contributed by atoms with Gasteiger partial charge in [-0.2, -0.15) is 0 Å². The zero-order valence-corrected chi connectivity index (χ0v) is 11.7. The number of carbonyl (C=O) groups is 1. The van der Waals surface area contributed by atoms with E-state index in [-0.39, 0.29) is 6.04 Å². The number of fused-ring (bicyclic) bond motifs is 1. The standard InChI is InChI=1S/C14H18ClNO2/c1-14(2,13(17)18)8-9-7-10-11(15)5-4-6-12(10)16(9)3/h4-6,9H,7-8H2,1-3H3,(H,17,18). The molecule has 0 saturated carbocycles. The molecule has 3 nitrogen and oxygen atoms in total. The molecule has 0 bridgehead atoms. The molecule has 0 saturated heterocycles. The van der Waals surface area contributed by atoms with Gasteiger partial charge in [-0.3, -0.25) is 4.79 Å². The van der Waals surface area contributed by atoms with Crippen LogP contribution >= 0.6 is 11.6 Å². The number of nitrogens with zero attached hydrogens (tertiary/aromatic N) is 1. The summed E-state index contributed by atoms with van der Waals surface area (Å²) in [5.41, 5.74) is 1.54. The van der Waals surface area contributed by atoms with Crippen LogP contribution in [-0.2, 0) is 11.2 Å². The predicted octanol–water partition coefficient (Wildman–Crippen LogP) is 3.20. The summed E-state index contributed by atoms with van der Waals surface area (Å²) in [7, 11) is 2.00. The lowest BCUT2D eigenvalue weighted by molar-refractivity contribution is -0.147. The summed E-state index contributed by atoms with van der Waals surface area (Å²) in [6.07, 6.45) is 1.44. The van der Waals surface area contributed by atoms with E-state index in [4.69, 9.17) is 11.6 Å². The highest BCUT2D eigenvalue weighted by Gasteiger charge is 2.36. The number of carboxylic acid groups (broad SMARTS) is 1. The summed E-state index contributed by atoms with van der Waals surface area (Å²) in [6.45, 7) is 3.54. The first kappa shape index (κ1) is 13.2. The quantitative estimate of drug-likeness (QED) is 0.914. The largest absolute Gasteiger partial charge is 0.481 e. The fraction of sp³-hybridized carbons (Fsp3) is 0.500. The molecule has 98 valence electrons. The normalized spacial score (nSPS) is 18.9. The van der Waals surface area contributed by atoms with Gasteiger partial charge < -0.3 is 10.0 Å². The first-order valence-electron chi connectivity index (χ1n) is 6.06. The average molecular weight is 268 g/mol. The molecule has 0 spiro atoms. The van der Waals surface area contributed by atoms with Gasteiger partial charge in [-0.25, -0.2) is 0 Å². The SMILES string of the molecule is CN1c2cccc(Cl)c2CC1CC(C)(C)C(=O)O. The van der Waals surface area contributed by atoms with Crippen molar-refractivity contribution >= 4 is 23.3 Å². The average Bonchev–Trinajstić information content (AvgIpc) is 2.58. The Bertz CT molecular complexity index is 485. The summed E-state index contributed by atoms with van der Waals surface area (Å²) in [5, 5.41) is 9.99. The van der Waals surface area contributed by atoms with Gasteiger partial charge in [0.2, 0.25) is 0 Å². The maximum absolute atomic E-state index is 11.2. The third-order valence-corrected chi connectivity index (χ3v) is 4.14. The first-order valence-corrected chi connectivity index (χ1v) is 6.44. The Morgan fingerprint density at radius 1 is 1.56 bits per heavy atom. The molecule has 1 aromatic rings. The Morgan fingerprint density at radius 3 is 2.78 bits per heavy atom. The molecule has 0 amide bonds. The van der Waals surface area contributed by atoms with Crippen LogP contribution in [0.1, 0.15) is 25.8 Å². The summed E-state index contributed by atoms with van der Waals surface area (Å²) in [4.78, 5) is 13.4. The second-order valence-corrected chi connectivity index (χ2v) is 6.01. The minimum absolute atomic E-state index is 0.200. The molecule has 1 unspecified atom stereocenters. The zero-order valence-electron chi connectivity index (χ0n) is 10.9. The van der Waals surface area contributed by atoms with E-state index in [9.17, 15) is 9.90 Å². The molecule has 0 radical (unpaired) electrons. The van der Waals surface area contributed by atoms with Gasteiger partial charge in [-0.1, -0.05) is 17.7 Å². The van der Waals surface area contributed by atoms with Crippen LogP contribution in [0.2, 0.25) is 5.02 Å². The van der Waals surface area contributed by atoms with Crippen LogP contribution in [0.4, 0.5) is 5.69 Å². The first-order chi connectivity index (χ1) is 8.33. The van der Waals surface area contributed by atoms with E-state index in [1.54, 1.807) is 13.8 Å². The number of rotatable bonds is 3. The highest BCUT2D eigenvalue weighted by molar-refractivity contribution is 6.31. The van der Waals surface area contributed by atoms with Crippen molar-refractivity contribution in [3.8, 4) is 0 Å². The molecule has 1 atom stereocenters. The van der Waals surface area contributed by atoms with E-state index in [0.717, 1.165) is 22.7 Å². The van der Waals surface area contributed by atoms with Gasteiger partial charge in [-0.05, 0) is 44.4 Å². The molecule has 0 fully saturated rings. The van der Waals surface area contributed by atoms with Crippen LogP contribution in [0.5, 0.6) is 0 Å². The van der Waals surface area contributed by atoms with Crippen LogP contribution in [0.15, 0.2) is 18.2 Å². The van der Waals surface area contributed by atoms with Crippen molar-refractivity contribution in [2.24, 2.45) is 5.41 Å². The van der Waals surface area contributed by atoms with Crippen molar-refractivity contribution < 1.29 is 9.90 Å². The van der Waals surface area contributed by atoms with Gasteiger partial charge in [0.05, 0.1) is 5.41 Å². The van der Waals surface area contributed by atoms with Crippen LogP contribution in [0.25, 0.3) is 0 Å². The molecule has 4 heteroatoms. The minimum Gasteiger partial charge on any atom is -0.481 e. The van der Waals surface area contributed by atoms with Gasteiger partial charge in [-0.15, -0.1) is 0 Å². The maximum Gasteiger partial charge on any atom is 0.309 e. The molecule has 0 aliphatic carbocycles. The highest BCUT2D eigenvalue weighted by Crippen LogP contribution is 2.39. The van der Waals surface area contributed by atoms with Gasteiger partial charge >= 0.3 is 5.97 Å². The third kappa shape index (κ3) is 2.19. The van der Waals surface area contributed by atoms with Crippen molar-refractivity contribution in [1.29, 1.82) is 0 Å². The van der Waals surface area contributed by atoms with Gasteiger partial charge in [0.25, 0.3) is 0 Å². The van der Waals surface area contributed by atoms with Crippen molar-refractivity contribution in [1.82, 2.24) is 0 Å². The Balaban J connectivity index is 2.22. The van der Waals surface area contributed by atoms with E-state index in [1.165, 1.54) is 0 Å². The summed E-state index contributed by atoms with van der Waals surface area (Å²) >= 11 is 6.19. The van der Waals surface area contributed by atoms with E-state index in [1.807, 2.05) is 25.2 Å². The second kappa shape index (κ2) is 4.47. The number of halogens is 1. The number of carboxylic acids is 1. The number of hydrogen-bond acceptors (Lipinski definition) is 2. The number of anilines is 1. The predicted molar refractivity (Wildman–Crippen MR) is 73.4 cm³/mol. The lowest BCUT2D eigenvalue weighted by atomic mass is 9.85. The van der Waals surface area contributed by atoms with Gasteiger partial charge in [0.15, 0.2) is 0 Å². The van der Waals surface area contributed by atoms with Crippen molar-refractivity contribution in [2.45, 2.75) is 32.7 Å². The molecule has 1 aliphatic heterocycles. The second-order valence-electron chi connectivity index (χ2n) is 5.60. The monoisotopic (exact) mass is 267 g/mol. The topological polar surface area (TPSA) is 40.5 Å². The van der Waals surface area contributed by atoms with Crippen LogP contribution in [-0.4, -0.2) is 24.2 Å². The van der Waals surface area contributed by atoms with Crippen LogP contribution in [0, 0.1) is 5.41 Å². The van der Waals surface area contributed by atoms with Crippen LogP contribution < -0.4 is 4.90 Å². The van der Waals surface area contributed by atoms with E-state index >= 15 is 0 Å². The summed E-state index contributed by atoms with van der Waals surface area (Å²) < 4.78 is 0. The molecule has 1 aliphatic rings. The maximum atomic E-state index is 11.2. The Kier molecular flexibility index (Phi) is 3.28. The summed E-state index contributed by atoms with van der Waals surface area (Å²) in [5.74, 6) is -0.752. The van der Waals surface area contributed by atoms with E-state index in [2.05, 4.69) is 4.90 Å². The number of aliphatic carboxylic acids is 1. The van der Waals surface area contributed by atoms with Crippen molar-refractivity contribution in [2.75, 3.05) is 11.9 Å². The van der Waals surface area contributed by atoms with Gasteiger partial charge in [0.1, 0.15) is 0 Å². The Morgan fingerprint density at radius 2 is 2.22 bits per heavy atom. The summed E-state index contributed by atoms with van der Waals surface area (Å²) in [6, 6.07) is 6.06. The molecule has 1 heterocycles. The van der Waals surface area contributed by atoms with Crippen molar-refractivity contribution in [3.63, 3.8) is 0 Å². The molecular formula is C14H18ClNO2. The number of hydrogen-bond donors (Lipinski definition) is 1. The lowest BCUT2D eigenvalue weighted by Gasteiger charge is -2.29. The minimum atomic E-state index is -0.752. The van der Waals surface area contributed by atoms with Crippen LogP contribution in [0.3, 0.4) is 0 Å². The van der Waals surface area contributed by atoms with E-state index in [0.29, 0.717) is 6.42 Å². The molecule has 1 aromatic carbocycles. The molecule has 1 N–H and O–H groups in total. The molecule has 0 aromatic heterocycles. The highest BCUT2D eigenvalue weighted by atomic mass is 35.5. The fourth-order valence-corrected chi connectivity index (χ4v) is 2.78. The number of likely N-dealkylation sites (N-methyl/N-ethyl adjacent to an activating group) is 1. The number of benzene rings is 1. The molecular weight excluding hydrogens is 250 g/mol. The smallest absolute Gasteiger partial charge is 0.309 e. The van der Waals surface area contributed by atoms with Crippen molar-refractivity contribution in [3.05, 3.63) is 28.8 Å². The Labute approximate surface area is 112 Å². The lowest BCUT2D eigenvalue weighted by Crippen LogP contribution is -2.36. The Hall–Kier alpha value is -1.22. The molecule has 2 rings (SSSR count). The fourth-order valence-electron chi connectivity index (χ4n) is 2.53. The van der Waals surface area contributed by atoms with E-state index < -0.39 is 11.4 Å².